The molecular formula is C16H25N3O3. The molecule has 122 valence electrons. The molecule has 1 amide bonds. The monoisotopic (exact) mass is 307 g/mol. The van der Waals surface area contributed by atoms with Crippen molar-refractivity contribution in [2.45, 2.75) is 57.8 Å². The Morgan fingerprint density at radius 2 is 1.59 bits per heavy atom. The molecular weight excluding hydrogens is 282 g/mol. The zero-order valence-electron chi connectivity index (χ0n) is 13.0. The molecule has 0 bridgehead atoms. The summed E-state index contributed by atoms with van der Waals surface area (Å²) >= 11 is 0. The molecule has 0 fully saturated rings. The van der Waals surface area contributed by atoms with Crippen molar-refractivity contribution in [3.8, 4) is 0 Å². The Morgan fingerprint density at radius 1 is 0.955 bits per heavy atom. The van der Waals surface area contributed by atoms with E-state index < -0.39 is 5.97 Å². The van der Waals surface area contributed by atoms with Crippen LogP contribution in [0, 0.1) is 0 Å². The summed E-state index contributed by atoms with van der Waals surface area (Å²) in [5.74, 6) is -0.880. The van der Waals surface area contributed by atoms with Gasteiger partial charge in [-0.1, -0.05) is 38.5 Å². The summed E-state index contributed by atoms with van der Waals surface area (Å²) in [4.78, 5) is 29.8. The van der Waals surface area contributed by atoms with Crippen molar-refractivity contribution in [2.75, 3.05) is 6.54 Å². The topological polar surface area (TPSA) is 92.2 Å². The summed E-state index contributed by atoms with van der Waals surface area (Å²) in [6.07, 6.45) is 13.2. The first-order chi connectivity index (χ1) is 10.7. The smallest absolute Gasteiger partial charge is 0.303 e. The first kappa shape index (κ1) is 18.1. The van der Waals surface area contributed by atoms with E-state index in [0.29, 0.717) is 12.2 Å². The maximum atomic E-state index is 11.7. The molecule has 0 aliphatic rings. The maximum Gasteiger partial charge on any atom is 0.303 e. The summed E-state index contributed by atoms with van der Waals surface area (Å²) in [6.45, 7) is 0.661. The zero-order chi connectivity index (χ0) is 16.0. The van der Waals surface area contributed by atoms with Crippen LogP contribution in [0.3, 0.4) is 0 Å². The molecule has 0 spiro atoms. The number of nitrogens with zero attached hydrogens (tertiary/aromatic N) is 2. The maximum absolute atomic E-state index is 11.7. The molecule has 1 aromatic rings. The van der Waals surface area contributed by atoms with Gasteiger partial charge >= 0.3 is 5.97 Å². The lowest BCUT2D eigenvalue weighted by Crippen LogP contribution is -2.25. The van der Waals surface area contributed by atoms with Gasteiger partial charge in [0.2, 0.25) is 0 Å². The number of hydrogen-bond donors (Lipinski definition) is 2. The first-order valence-electron chi connectivity index (χ1n) is 7.96. The second kappa shape index (κ2) is 11.7. The van der Waals surface area contributed by atoms with Crippen LogP contribution in [0.4, 0.5) is 0 Å². The van der Waals surface area contributed by atoms with Gasteiger partial charge in [-0.05, 0) is 12.8 Å². The number of carboxylic acid groups (broad SMARTS) is 1. The number of nitrogens with one attached hydrogen (secondary N) is 1. The zero-order valence-corrected chi connectivity index (χ0v) is 13.0. The van der Waals surface area contributed by atoms with Crippen LogP contribution in [0.1, 0.15) is 68.3 Å². The predicted molar refractivity (Wildman–Crippen MR) is 83.6 cm³/mol. The second-order valence-corrected chi connectivity index (χ2v) is 5.32. The molecule has 0 aliphatic heterocycles. The van der Waals surface area contributed by atoms with Gasteiger partial charge in [0.05, 0.1) is 6.20 Å². The number of carbonyl (C=O) groups excluding carboxylic acids is 1. The van der Waals surface area contributed by atoms with E-state index in [-0.39, 0.29) is 12.3 Å². The highest BCUT2D eigenvalue weighted by atomic mass is 16.4. The predicted octanol–water partition coefficient (Wildman–Crippen LogP) is 2.80. The van der Waals surface area contributed by atoms with E-state index in [4.69, 9.17) is 5.11 Å². The summed E-state index contributed by atoms with van der Waals surface area (Å²) in [5.41, 5.74) is 0.351. The molecule has 0 aromatic carbocycles. The molecule has 0 atom stereocenters. The Bertz CT molecular complexity index is 438. The van der Waals surface area contributed by atoms with Crippen LogP contribution in [-0.4, -0.2) is 33.5 Å². The Labute approximate surface area is 131 Å². The van der Waals surface area contributed by atoms with Gasteiger partial charge in [-0.3, -0.25) is 14.6 Å². The molecule has 22 heavy (non-hydrogen) atoms. The molecule has 6 nitrogen and oxygen atoms in total. The van der Waals surface area contributed by atoms with Crippen LogP contribution in [0.2, 0.25) is 0 Å². The minimum absolute atomic E-state index is 0.175. The minimum atomic E-state index is -0.705. The van der Waals surface area contributed by atoms with Gasteiger partial charge in [0.15, 0.2) is 0 Å². The first-order valence-corrected chi connectivity index (χ1v) is 7.96. The van der Waals surface area contributed by atoms with E-state index in [1.54, 1.807) is 6.20 Å². The van der Waals surface area contributed by atoms with E-state index in [1.807, 2.05) is 0 Å². The van der Waals surface area contributed by atoms with Crippen molar-refractivity contribution >= 4 is 11.9 Å². The minimum Gasteiger partial charge on any atom is -0.481 e. The van der Waals surface area contributed by atoms with Crippen molar-refractivity contribution in [3.63, 3.8) is 0 Å². The van der Waals surface area contributed by atoms with Crippen molar-refractivity contribution in [2.24, 2.45) is 0 Å². The fraction of sp³-hybridized carbons (Fsp3) is 0.625. The molecule has 0 radical (unpaired) electrons. The Kier molecular flexibility index (Phi) is 9.57. The molecule has 6 heteroatoms. The van der Waals surface area contributed by atoms with Gasteiger partial charge in [0, 0.05) is 25.4 Å². The molecule has 0 saturated heterocycles. The Hall–Kier alpha value is -1.98. The van der Waals surface area contributed by atoms with Crippen LogP contribution in [0.25, 0.3) is 0 Å². The van der Waals surface area contributed by atoms with E-state index >= 15 is 0 Å². The highest BCUT2D eigenvalue weighted by Gasteiger charge is 2.04. The third-order valence-corrected chi connectivity index (χ3v) is 3.40. The van der Waals surface area contributed by atoms with Gasteiger partial charge in [-0.25, -0.2) is 4.98 Å². The quantitative estimate of drug-likeness (QED) is 0.579. The molecule has 2 N–H and O–H groups in total. The number of aliphatic carboxylic acids is 1. The van der Waals surface area contributed by atoms with E-state index in [0.717, 1.165) is 44.9 Å². The van der Waals surface area contributed by atoms with Crippen molar-refractivity contribution < 1.29 is 14.7 Å². The van der Waals surface area contributed by atoms with Crippen LogP contribution in [-0.2, 0) is 4.79 Å². The van der Waals surface area contributed by atoms with Crippen LogP contribution >= 0.6 is 0 Å². The van der Waals surface area contributed by atoms with Crippen LogP contribution in [0.15, 0.2) is 18.6 Å². The van der Waals surface area contributed by atoms with Crippen molar-refractivity contribution in [3.05, 3.63) is 24.3 Å². The lowest BCUT2D eigenvalue weighted by molar-refractivity contribution is -0.137. The van der Waals surface area contributed by atoms with Crippen molar-refractivity contribution in [1.82, 2.24) is 15.3 Å². The number of hydrogen-bond acceptors (Lipinski definition) is 4. The standard InChI is InChI=1S/C16H25N3O3/c20-15(21)9-7-5-3-1-2-4-6-8-10-19-16(22)14-13-17-11-12-18-14/h11-13H,1-10H2,(H,19,22)(H,20,21). The molecule has 1 heterocycles. The number of unbranched alkanes of at least 4 members (excludes halogenated alkanes) is 7. The lowest BCUT2D eigenvalue weighted by atomic mass is 10.1. The third-order valence-electron chi connectivity index (χ3n) is 3.40. The summed E-state index contributed by atoms with van der Waals surface area (Å²) in [5, 5.41) is 11.3. The molecule has 0 unspecified atom stereocenters. The average Bonchev–Trinajstić information content (AvgIpc) is 2.53. The largest absolute Gasteiger partial charge is 0.481 e. The molecule has 1 rings (SSSR count). The van der Waals surface area contributed by atoms with Gasteiger partial charge in [-0.2, -0.15) is 0 Å². The fourth-order valence-corrected chi connectivity index (χ4v) is 2.17. The molecule has 1 aromatic heterocycles. The summed E-state index contributed by atoms with van der Waals surface area (Å²) in [6, 6.07) is 0. The van der Waals surface area contributed by atoms with Crippen molar-refractivity contribution in [1.29, 1.82) is 0 Å². The van der Waals surface area contributed by atoms with E-state index in [1.165, 1.54) is 18.8 Å². The molecule has 0 aliphatic carbocycles. The molecule has 0 saturated carbocycles. The Morgan fingerprint density at radius 3 is 2.18 bits per heavy atom. The van der Waals surface area contributed by atoms with Gasteiger partial charge < -0.3 is 10.4 Å². The normalized spacial score (nSPS) is 10.4. The fourth-order valence-electron chi connectivity index (χ4n) is 2.17. The highest BCUT2D eigenvalue weighted by molar-refractivity contribution is 5.91. The Balaban J connectivity index is 1.88. The van der Waals surface area contributed by atoms with E-state index in [9.17, 15) is 9.59 Å². The summed E-state index contributed by atoms with van der Waals surface area (Å²) < 4.78 is 0. The lowest BCUT2D eigenvalue weighted by Gasteiger charge is -2.04. The van der Waals surface area contributed by atoms with Crippen LogP contribution in [0.5, 0.6) is 0 Å². The average molecular weight is 307 g/mol. The third kappa shape index (κ3) is 9.05. The second-order valence-electron chi connectivity index (χ2n) is 5.32. The van der Waals surface area contributed by atoms with Gasteiger partial charge in [0.1, 0.15) is 5.69 Å². The van der Waals surface area contributed by atoms with Gasteiger partial charge in [-0.15, -0.1) is 0 Å². The van der Waals surface area contributed by atoms with E-state index in [2.05, 4.69) is 15.3 Å². The number of carboxylic acids is 1. The number of amides is 1. The van der Waals surface area contributed by atoms with Gasteiger partial charge in [0.25, 0.3) is 5.91 Å². The summed E-state index contributed by atoms with van der Waals surface area (Å²) in [7, 11) is 0. The number of rotatable bonds is 12. The SMILES string of the molecule is O=C(O)CCCCCCCCCCNC(=O)c1cnccn1. The number of carbonyl (C=O) groups is 2. The number of aromatic nitrogens is 2. The highest BCUT2D eigenvalue weighted by Crippen LogP contribution is 2.09. The van der Waals surface area contributed by atoms with Crippen LogP contribution < -0.4 is 5.32 Å².